The number of halogens is 1. The Morgan fingerprint density at radius 3 is 2.67 bits per heavy atom. The van der Waals surface area contributed by atoms with Gasteiger partial charge in [-0.15, -0.1) is 0 Å². The van der Waals surface area contributed by atoms with E-state index in [0.717, 1.165) is 18.4 Å². The maximum absolute atomic E-state index is 13.5. The van der Waals surface area contributed by atoms with Crippen LogP contribution in [0.2, 0.25) is 0 Å². The quantitative estimate of drug-likeness (QED) is 0.870. The molecule has 0 amide bonds. The van der Waals surface area contributed by atoms with Crippen LogP contribution in [-0.4, -0.2) is 17.3 Å². The number of ether oxygens (including phenoxy) is 1. The summed E-state index contributed by atoms with van der Waals surface area (Å²) in [5.74, 6) is 0.964. The third-order valence-electron chi connectivity index (χ3n) is 4.00. The van der Waals surface area contributed by atoms with Gasteiger partial charge in [-0.25, -0.2) is 4.39 Å². The van der Waals surface area contributed by atoms with Crippen LogP contribution in [-0.2, 0) is 6.42 Å². The van der Waals surface area contributed by atoms with Crippen molar-refractivity contribution in [3.8, 4) is 5.75 Å². The van der Waals surface area contributed by atoms with Crippen LogP contribution in [0.1, 0.15) is 37.7 Å². The molecule has 2 fully saturated rings. The molecule has 3 heteroatoms. The highest BCUT2D eigenvalue weighted by atomic mass is 19.1. The number of aliphatic hydroxyl groups is 1. The van der Waals surface area contributed by atoms with Crippen LogP contribution in [0.5, 0.6) is 5.75 Å². The lowest BCUT2D eigenvalue weighted by molar-refractivity contribution is 0.150. The average Bonchev–Trinajstić information content (AvgIpc) is 2.92. The molecule has 0 aromatic heterocycles. The van der Waals surface area contributed by atoms with Gasteiger partial charge in [-0.1, -0.05) is 6.42 Å². The Morgan fingerprint density at radius 2 is 2.06 bits per heavy atom. The van der Waals surface area contributed by atoms with Gasteiger partial charge in [-0.2, -0.15) is 0 Å². The fraction of sp³-hybridized carbons (Fsp3) is 0.600. The van der Waals surface area contributed by atoms with Gasteiger partial charge >= 0.3 is 0 Å². The number of hydrogen-bond acceptors (Lipinski definition) is 2. The molecular formula is C15H19FO2. The molecule has 3 rings (SSSR count). The van der Waals surface area contributed by atoms with Gasteiger partial charge in [0, 0.05) is 12.5 Å². The van der Waals surface area contributed by atoms with E-state index < -0.39 is 5.60 Å². The van der Waals surface area contributed by atoms with Crippen LogP contribution in [0, 0.1) is 11.7 Å². The highest BCUT2D eigenvalue weighted by Gasteiger charge is 2.40. The monoisotopic (exact) mass is 250 g/mol. The lowest BCUT2D eigenvalue weighted by atomic mass is 9.86. The van der Waals surface area contributed by atoms with Crippen molar-refractivity contribution in [1.82, 2.24) is 0 Å². The van der Waals surface area contributed by atoms with Gasteiger partial charge in [0.15, 0.2) is 0 Å². The molecule has 0 radical (unpaired) electrons. The molecule has 1 aromatic rings. The predicted octanol–water partition coefficient (Wildman–Crippen LogP) is 3.07. The first kappa shape index (κ1) is 12.0. The first-order valence-corrected chi connectivity index (χ1v) is 6.78. The summed E-state index contributed by atoms with van der Waals surface area (Å²) in [6, 6.07) is 4.78. The Labute approximate surface area is 107 Å². The van der Waals surface area contributed by atoms with Crippen LogP contribution >= 0.6 is 0 Å². The van der Waals surface area contributed by atoms with Crippen molar-refractivity contribution in [1.29, 1.82) is 0 Å². The number of hydrogen-bond donors (Lipinski definition) is 1. The second-order valence-electron chi connectivity index (χ2n) is 5.80. The van der Waals surface area contributed by atoms with Gasteiger partial charge in [0.05, 0.1) is 12.2 Å². The van der Waals surface area contributed by atoms with E-state index in [-0.39, 0.29) is 5.82 Å². The van der Waals surface area contributed by atoms with E-state index in [2.05, 4.69) is 0 Å². The van der Waals surface area contributed by atoms with Crippen LogP contribution in [0.3, 0.4) is 0 Å². The highest BCUT2D eigenvalue weighted by Crippen LogP contribution is 2.38. The molecular weight excluding hydrogens is 231 g/mol. The zero-order valence-electron chi connectivity index (χ0n) is 10.5. The van der Waals surface area contributed by atoms with E-state index in [1.54, 1.807) is 0 Å². The zero-order valence-corrected chi connectivity index (χ0v) is 10.5. The summed E-state index contributed by atoms with van der Waals surface area (Å²) in [7, 11) is 0. The predicted molar refractivity (Wildman–Crippen MR) is 67.1 cm³/mol. The molecule has 2 aliphatic carbocycles. The Kier molecular flexibility index (Phi) is 3.02. The van der Waals surface area contributed by atoms with E-state index in [1.807, 2.05) is 6.07 Å². The smallest absolute Gasteiger partial charge is 0.127 e. The minimum Gasteiger partial charge on any atom is -0.493 e. The standard InChI is InChI=1S/C15H19FO2/c16-13-6-12(9-15(17)4-5-15)7-14(8-13)18-10-11-2-1-3-11/h6-8,11,17H,1-5,9-10H2. The number of benzene rings is 1. The summed E-state index contributed by atoms with van der Waals surface area (Å²) < 4.78 is 19.1. The molecule has 0 bridgehead atoms. The Balaban J connectivity index is 1.64. The molecule has 1 N–H and O–H groups in total. The Morgan fingerprint density at radius 1 is 1.28 bits per heavy atom. The maximum Gasteiger partial charge on any atom is 0.127 e. The Hall–Kier alpha value is -1.09. The molecule has 98 valence electrons. The third kappa shape index (κ3) is 2.83. The first-order chi connectivity index (χ1) is 8.63. The van der Waals surface area contributed by atoms with Crippen LogP contribution in [0.25, 0.3) is 0 Å². The highest BCUT2D eigenvalue weighted by molar-refractivity contribution is 5.31. The van der Waals surface area contributed by atoms with E-state index >= 15 is 0 Å². The molecule has 2 nitrogen and oxygen atoms in total. The van der Waals surface area contributed by atoms with Crippen molar-refractivity contribution >= 4 is 0 Å². The summed E-state index contributed by atoms with van der Waals surface area (Å²) in [6.07, 6.45) is 5.91. The molecule has 0 unspecified atom stereocenters. The van der Waals surface area contributed by atoms with E-state index in [4.69, 9.17) is 4.74 Å². The molecule has 1 aromatic carbocycles. The summed E-state index contributed by atoms with van der Waals surface area (Å²) in [6.45, 7) is 0.688. The molecule has 2 aliphatic rings. The van der Waals surface area contributed by atoms with E-state index in [1.165, 1.54) is 31.4 Å². The van der Waals surface area contributed by atoms with E-state index in [9.17, 15) is 9.50 Å². The van der Waals surface area contributed by atoms with Crippen molar-refractivity contribution in [2.45, 2.75) is 44.1 Å². The summed E-state index contributed by atoms with van der Waals surface area (Å²) >= 11 is 0. The lowest BCUT2D eigenvalue weighted by Gasteiger charge is -2.25. The Bertz CT molecular complexity index is 436. The number of rotatable bonds is 5. The molecule has 2 saturated carbocycles. The molecule has 0 spiro atoms. The van der Waals surface area contributed by atoms with Crippen molar-refractivity contribution in [3.05, 3.63) is 29.6 Å². The molecule has 0 atom stereocenters. The van der Waals surface area contributed by atoms with Gasteiger partial charge in [0.25, 0.3) is 0 Å². The molecule has 0 saturated heterocycles. The molecule has 18 heavy (non-hydrogen) atoms. The SMILES string of the molecule is OC1(Cc2cc(F)cc(OCC3CCC3)c2)CC1. The fourth-order valence-electron chi connectivity index (χ4n) is 2.38. The fourth-order valence-corrected chi connectivity index (χ4v) is 2.38. The van der Waals surface area contributed by atoms with Crippen molar-refractivity contribution in [2.24, 2.45) is 5.92 Å². The van der Waals surface area contributed by atoms with Crippen LogP contribution < -0.4 is 4.74 Å². The van der Waals surface area contributed by atoms with Gasteiger partial charge < -0.3 is 9.84 Å². The minimum atomic E-state index is -0.584. The second kappa shape index (κ2) is 4.54. The minimum absolute atomic E-state index is 0.277. The van der Waals surface area contributed by atoms with E-state index in [0.29, 0.717) is 24.7 Å². The van der Waals surface area contributed by atoms with Gasteiger partial charge in [-0.3, -0.25) is 0 Å². The summed E-state index contributed by atoms with van der Waals surface area (Å²) in [5.41, 5.74) is 0.248. The first-order valence-electron chi connectivity index (χ1n) is 6.78. The van der Waals surface area contributed by atoms with Crippen molar-refractivity contribution in [2.75, 3.05) is 6.61 Å². The third-order valence-corrected chi connectivity index (χ3v) is 4.00. The van der Waals surface area contributed by atoms with Crippen molar-refractivity contribution < 1.29 is 14.2 Å². The largest absolute Gasteiger partial charge is 0.493 e. The van der Waals surface area contributed by atoms with Gasteiger partial charge in [-0.05, 0) is 49.3 Å². The van der Waals surface area contributed by atoms with Crippen LogP contribution in [0.4, 0.5) is 4.39 Å². The zero-order chi connectivity index (χ0) is 12.6. The van der Waals surface area contributed by atoms with Crippen LogP contribution in [0.15, 0.2) is 18.2 Å². The van der Waals surface area contributed by atoms with Crippen molar-refractivity contribution in [3.63, 3.8) is 0 Å². The lowest BCUT2D eigenvalue weighted by Crippen LogP contribution is -2.19. The maximum atomic E-state index is 13.5. The summed E-state index contributed by atoms with van der Waals surface area (Å²) in [5, 5.41) is 9.87. The normalized spacial score (nSPS) is 21.4. The topological polar surface area (TPSA) is 29.5 Å². The molecule has 0 heterocycles. The molecule has 0 aliphatic heterocycles. The van der Waals surface area contributed by atoms with Gasteiger partial charge in [0.2, 0.25) is 0 Å². The van der Waals surface area contributed by atoms with Gasteiger partial charge in [0.1, 0.15) is 11.6 Å². The second-order valence-corrected chi connectivity index (χ2v) is 5.80. The average molecular weight is 250 g/mol. The summed E-state index contributed by atoms with van der Waals surface area (Å²) in [4.78, 5) is 0.